The Labute approximate surface area is 113 Å². The van der Waals surface area contributed by atoms with E-state index in [0.717, 1.165) is 17.1 Å². The Kier molecular flexibility index (Phi) is 3.87. The van der Waals surface area contributed by atoms with E-state index in [9.17, 15) is 0 Å². The minimum absolute atomic E-state index is 0.440. The van der Waals surface area contributed by atoms with E-state index in [0.29, 0.717) is 11.1 Å². The van der Waals surface area contributed by atoms with Gasteiger partial charge in [-0.2, -0.15) is 0 Å². The topological polar surface area (TPSA) is 22.1 Å². The zero-order valence-corrected chi connectivity index (χ0v) is 11.5. The van der Waals surface area contributed by atoms with Crippen molar-refractivity contribution < 1.29 is 4.74 Å². The Morgan fingerprint density at radius 3 is 2.72 bits per heavy atom. The minimum Gasteiger partial charge on any atom is -0.457 e. The van der Waals surface area contributed by atoms with Crippen molar-refractivity contribution in [2.75, 3.05) is 0 Å². The summed E-state index contributed by atoms with van der Waals surface area (Å²) in [6.07, 6.45) is 1.71. The molecule has 0 amide bonds. The number of rotatable bonds is 3. The standard InChI is InChI=1S/C15H16ClNO/c1-10(2)12-5-4-6-13(7-12)18-14-8-15(16)17-9-11(14)3/h4-10H,1-3H3. The highest BCUT2D eigenvalue weighted by atomic mass is 35.5. The average molecular weight is 262 g/mol. The maximum absolute atomic E-state index is 5.87. The SMILES string of the molecule is Cc1cnc(Cl)cc1Oc1cccc(C(C)C)c1. The first-order valence-corrected chi connectivity index (χ1v) is 6.34. The molecule has 2 aromatic rings. The molecule has 1 aromatic carbocycles. The number of halogens is 1. The van der Waals surface area contributed by atoms with Crippen molar-refractivity contribution in [1.29, 1.82) is 0 Å². The molecule has 0 aliphatic carbocycles. The summed E-state index contributed by atoms with van der Waals surface area (Å²) in [4.78, 5) is 4.01. The Bertz CT molecular complexity index is 552. The number of pyridine rings is 1. The van der Waals surface area contributed by atoms with Crippen LogP contribution in [0.2, 0.25) is 5.15 Å². The summed E-state index contributed by atoms with van der Waals surface area (Å²) in [6.45, 7) is 6.27. The van der Waals surface area contributed by atoms with Crippen LogP contribution >= 0.6 is 11.6 Å². The smallest absolute Gasteiger partial charge is 0.134 e. The number of aryl methyl sites for hydroxylation is 1. The summed E-state index contributed by atoms with van der Waals surface area (Å²) in [6, 6.07) is 9.84. The molecule has 0 spiro atoms. The van der Waals surface area contributed by atoms with Gasteiger partial charge in [0, 0.05) is 17.8 Å². The summed E-state index contributed by atoms with van der Waals surface area (Å²) < 4.78 is 5.86. The predicted molar refractivity (Wildman–Crippen MR) is 74.6 cm³/mol. The van der Waals surface area contributed by atoms with Gasteiger partial charge in [-0.3, -0.25) is 0 Å². The van der Waals surface area contributed by atoms with Crippen molar-refractivity contribution in [3.63, 3.8) is 0 Å². The predicted octanol–water partition coefficient (Wildman–Crippen LogP) is 4.96. The van der Waals surface area contributed by atoms with Crippen LogP contribution < -0.4 is 4.74 Å². The maximum atomic E-state index is 5.87. The average Bonchev–Trinajstić information content (AvgIpc) is 2.34. The minimum atomic E-state index is 0.440. The van der Waals surface area contributed by atoms with Crippen molar-refractivity contribution in [2.45, 2.75) is 26.7 Å². The van der Waals surface area contributed by atoms with Crippen molar-refractivity contribution in [3.05, 3.63) is 52.8 Å². The van der Waals surface area contributed by atoms with Crippen molar-refractivity contribution in [1.82, 2.24) is 4.98 Å². The first-order valence-electron chi connectivity index (χ1n) is 5.96. The summed E-state index contributed by atoms with van der Waals surface area (Å²) in [5.41, 5.74) is 2.22. The van der Waals surface area contributed by atoms with E-state index in [2.05, 4.69) is 31.0 Å². The van der Waals surface area contributed by atoms with E-state index in [4.69, 9.17) is 16.3 Å². The van der Waals surface area contributed by atoms with Crippen molar-refractivity contribution in [3.8, 4) is 11.5 Å². The molecule has 94 valence electrons. The van der Waals surface area contributed by atoms with Crippen LogP contribution in [-0.2, 0) is 0 Å². The number of benzene rings is 1. The molecule has 0 atom stereocenters. The third kappa shape index (κ3) is 3.02. The highest BCUT2D eigenvalue weighted by Crippen LogP contribution is 2.28. The molecule has 0 unspecified atom stereocenters. The van der Waals surface area contributed by atoms with Crippen LogP contribution in [0.3, 0.4) is 0 Å². The number of nitrogens with zero attached hydrogens (tertiary/aromatic N) is 1. The van der Waals surface area contributed by atoms with E-state index in [1.54, 1.807) is 12.3 Å². The van der Waals surface area contributed by atoms with Gasteiger partial charge in [-0.05, 0) is 30.5 Å². The molecule has 0 radical (unpaired) electrons. The molecular weight excluding hydrogens is 246 g/mol. The van der Waals surface area contributed by atoms with Crippen LogP contribution in [0.15, 0.2) is 36.5 Å². The molecule has 0 aliphatic heterocycles. The molecule has 0 fully saturated rings. The first kappa shape index (κ1) is 12.9. The van der Waals surface area contributed by atoms with E-state index < -0.39 is 0 Å². The Morgan fingerprint density at radius 1 is 1.22 bits per heavy atom. The molecule has 2 rings (SSSR count). The maximum Gasteiger partial charge on any atom is 0.134 e. The van der Waals surface area contributed by atoms with Crippen molar-refractivity contribution in [2.24, 2.45) is 0 Å². The normalized spacial score (nSPS) is 10.7. The number of aromatic nitrogens is 1. The summed E-state index contributed by atoms with van der Waals surface area (Å²) in [7, 11) is 0. The molecule has 0 saturated heterocycles. The van der Waals surface area contributed by atoms with Crippen LogP contribution in [-0.4, -0.2) is 4.98 Å². The van der Waals surface area contributed by atoms with Crippen LogP contribution in [0.25, 0.3) is 0 Å². The van der Waals surface area contributed by atoms with Crippen LogP contribution in [0, 0.1) is 6.92 Å². The second-order valence-corrected chi connectivity index (χ2v) is 4.99. The van der Waals surface area contributed by atoms with Gasteiger partial charge < -0.3 is 4.74 Å². The third-order valence-electron chi connectivity index (χ3n) is 2.77. The van der Waals surface area contributed by atoms with Gasteiger partial charge in [-0.1, -0.05) is 37.6 Å². The highest BCUT2D eigenvalue weighted by Gasteiger charge is 2.05. The molecule has 2 nitrogen and oxygen atoms in total. The van der Waals surface area contributed by atoms with Gasteiger partial charge in [0.25, 0.3) is 0 Å². The lowest BCUT2D eigenvalue weighted by atomic mass is 10.0. The number of hydrogen-bond donors (Lipinski definition) is 0. The molecule has 18 heavy (non-hydrogen) atoms. The quantitative estimate of drug-likeness (QED) is 0.729. The molecule has 0 bridgehead atoms. The van der Waals surface area contributed by atoms with E-state index in [-0.39, 0.29) is 0 Å². The Balaban J connectivity index is 2.28. The van der Waals surface area contributed by atoms with Gasteiger partial charge >= 0.3 is 0 Å². The summed E-state index contributed by atoms with van der Waals surface area (Å²) in [5, 5.41) is 0.440. The molecule has 1 heterocycles. The zero-order valence-electron chi connectivity index (χ0n) is 10.8. The van der Waals surface area contributed by atoms with Crippen LogP contribution in [0.5, 0.6) is 11.5 Å². The Hall–Kier alpha value is -1.54. The fourth-order valence-corrected chi connectivity index (χ4v) is 1.80. The van der Waals surface area contributed by atoms with E-state index in [1.165, 1.54) is 5.56 Å². The molecular formula is C15H16ClNO. The largest absolute Gasteiger partial charge is 0.457 e. The van der Waals surface area contributed by atoms with Gasteiger partial charge in [-0.15, -0.1) is 0 Å². The van der Waals surface area contributed by atoms with Crippen LogP contribution in [0.4, 0.5) is 0 Å². The summed E-state index contributed by atoms with van der Waals surface area (Å²) >= 11 is 5.87. The third-order valence-corrected chi connectivity index (χ3v) is 2.98. The van der Waals surface area contributed by atoms with E-state index in [1.807, 2.05) is 19.1 Å². The Morgan fingerprint density at radius 2 is 2.00 bits per heavy atom. The lowest BCUT2D eigenvalue weighted by Crippen LogP contribution is -1.92. The van der Waals surface area contributed by atoms with Gasteiger partial charge in [0.15, 0.2) is 0 Å². The fraction of sp³-hybridized carbons (Fsp3) is 0.267. The lowest BCUT2D eigenvalue weighted by molar-refractivity contribution is 0.477. The lowest BCUT2D eigenvalue weighted by Gasteiger charge is -2.11. The first-order chi connectivity index (χ1) is 8.56. The molecule has 3 heteroatoms. The molecule has 1 aromatic heterocycles. The molecule has 0 aliphatic rings. The zero-order chi connectivity index (χ0) is 13.1. The fourth-order valence-electron chi connectivity index (χ4n) is 1.66. The summed E-state index contributed by atoms with van der Waals surface area (Å²) in [5.74, 6) is 2.05. The molecule has 0 N–H and O–H groups in total. The second-order valence-electron chi connectivity index (χ2n) is 4.60. The van der Waals surface area contributed by atoms with E-state index >= 15 is 0 Å². The van der Waals surface area contributed by atoms with Gasteiger partial charge in [0.1, 0.15) is 16.7 Å². The van der Waals surface area contributed by atoms with Gasteiger partial charge in [0.05, 0.1) is 0 Å². The number of hydrogen-bond acceptors (Lipinski definition) is 2. The van der Waals surface area contributed by atoms with Gasteiger partial charge in [0.2, 0.25) is 0 Å². The van der Waals surface area contributed by atoms with Crippen LogP contribution in [0.1, 0.15) is 30.9 Å². The monoisotopic (exact) mass is 261 g/mol. The van der Waals surface area contributed by atoms with Crippen molar-refractivity contribution >= 4 is 11.6 Å². The molecule has 0 saturated carbocycles. The highest BCUT2D eigenvalue weighted by molar-refractivity contribution is 6.29. The number of ether oxygens (including phenoxy) is 1. The second kappa shape index (κ2) is 5.40. The van der Waals surface area contributed by atoms with Gasteiger partial charge in [-0.25, -0.2) is 4.98 Å².